The van der Waals surface area contributed by atoms with Gasteiger partial charge in [0.1, 0.15) is 5.00 Å². The van der Waals surface area contributed by atoms with Crippen LogP contribution >= 0.6 is 11.3 Å². The monoisotopic (exact) mass is 416 g/mol. The standard InChI is InChI=1S/C22H28N2O4S/c1-13-7-8-14-16(12-13)29-20(18(14)19(26)15-6-5-11-28-15)24-17(25)9-10-23-21(27)22(2,3)4/h5-6,11,13H,7-10,12H2,1-4H3,(H,23,27)(H,24,25). The maximum absolute atomic E-state index is 13.0. The highest BCUT2D eigenvalue weighted by Gasteiger charge is 2.30. The molecule has 2 heterocycles. The molecule has 0 saturated carbocycles. The Kier molecular flexibility index (Phi) is 6.27. The molecule has 1 unspecified atom stereocenters. The van der Waals surface area contributed by atoms with Gasteiger partial charge in [0.15, 0.2) is 5.76 Å². The van der Waals surface area contributed by atoms with Crippen molar-refractivity contribution in [1.29, 1.82) is 0 Å². The Morgan fingerprint density at radius 2 is 2.03 bits per heavy atom. The summed E-state index contributed by atoms with van der Waals surface area (Å²) in [7, 11) is 0. The van der Waals surface area contributed by atoms with Crippen LogP contribution in [0.4, 0.5) is 5.00 Å². The summed E-state index contributed by atoms with van der Waals surface area (Å²) in [5.74, 6) is 0.318. The van der Waals surface area contributed by atoms with Crippen molar-refractivity contribution >= 4 is 33.9 Å². The first kappa shape index (κ1) is 21.3. The minimum atomic E-state index is -0.497. The third kappa shape index (κ3) is 4.96. The van der Waals surface area contributed by atoms with Gasteiger partial charge in [-0.15, -0.1) is 11.3 Å². The lowest BCUT2D eigenvalue weighted by Gasteiger charge is -2.18. The van der Waals surface area contributed by atoms with E-state index in [0.29, 0.717) is 16.5 Å². The molecule has 1 aliphatic rings. The van der Waals surface area contributed by atoms with Gasteiger partial charge in [-0.1, -0.05) is 27.7 Å². The molecule has 0 radical (unpaired) electrons. The summed E-state index contributed by atoms with van der Waals surface area (Å²) in [5.41, 5.74) is 1.09. The van der Waals surface area contributed by atoms with E-state index in [1.54, 1.807) is 12.1 Å². The van der Waals surface area contributed by atoms with Gasteiger partial charge in [-0.3, -0.25) is 14.4 Å². The van der Waals surface area contributed by atoms with Crippen molar-refractivity contribution in [2.75, 3.05) is 11.9 Å². The summed E-state index contributed by atoms with van der Waals surface area (Å²) in [6, 6.07) is 3.33. The SMILES string of the molecule is CC1CCc2c(sc(NC(=O)CCNC(=O)C(C)(C)C)c2C(=O)c2ccco2)C1. The van der Waals surface area contributed by atoms with E-state index in [-0.39, 0.29) is 36.3 Å². The number of anilines is 1. The molecular formula is C22H28N2O4S. The molecule has 0 fully saturated rings. The van der Waals surface area contributed by atoms with Crippen LogP contribution in [0.25, 0.3) is 0 Å². The molecule has 0 bridgehead atoms. The first-order chi connectivity index (χ1) is 13.7. The number of furan rings is 1. The number of rotatable bonds is 6. The summed E-state index contributed by atoms with van der Waals surface area (Å²) >= 11 is 1.48. The highest BCUT2D eigenvalue weighted by Crippen LogP contribution is 2.40. The number of ketones is 1. The first-order valence-electron chi connectivity index (χ1n) is 9.97. The number of nitrogens with one attached hydrogen (secondary N) is 2. The zero-order chi connectivity index (χ0) is 21.2. The summed E-state index contributed by atoms with van der Waals surface area (Å²) < 4.78 is 5.31. The van der Waals surface area contributed by atoms with Crippen LogP contribution in [0, 0.1) is 11.3 Å². The molecule has 7 heteroatoms. The smallest absolute Gasteiger partial charge is 0.231 e. The Morgan fingerprint density at radius 1 is 1.28 bits per heavy atom. The van der Waals surface area contributed by atoms with Crippen LogP contribution < -0.4 is 10.6 Å². The van der Waals surface area contributed by atoms with E-state index in [1.807, 2.05) is 20.8 Å². The van der Waals surface area contributed by atoms with E-state index in [9.17, 15) is 14.4 Å². The van der Waals surface area contributed by atoms with Crippen molar-refractivity contribution in [3.05, 3.63) is 40.2 Å². The second-order valence-corrected chi connectivity index (χ2v) is 9.77. The number of hydrogen-bond donors (Lipinski definition) is 2. The van der Waals surface area contributed by atoms with Crippen LogP contribution in [0.1, 0.15) is 67.1 Å². The van der Waals surface area contributed by atoms with Crippen LogP contribution in [-0.4, -0.2) is 24.1 Å². The predicted octanol–water partition coefficient (Wildman–Crippen LogP) is 4.19. The van der Waals surface area contributed by atoms with E-state index in [1.165, 1.54) is 17.6 Å². The zero-order valence-electron chi connectivity index (χ0n) is 17.4. The molecule has 0 aliphatic heterocycles. The molecule has 3 rings (SSSR count). The Bertz CT molecular complexity index is 906. The van der Waals surface area contributed by atoms with E-state index in [2.05, 4.69) is 17.6 Å². The first-order valence-corrected chi connectivity index (χ1v) is 10.8. The molecule has 29 heavy (non-hydrogen) atoms. The molecule has 6 nitrogen and oxygen atoms in total. The van der Waals surface area contributed by atoms with Crippen molar-refractivity contribution in [2.24, 2.45) is 11.3 Å². The molecule has 0 aromatic carbocycles. The van der Waals surface area contributed by atoms with Gasteiger partial charge in [-0.25, -0.2) is 0 Å². The molecule has 2 N–H and O–H groups in total. The van der Waals surface area contributed by atoms with Gasteiger partial charge >= 0.3 is 0 Å². The van der Waals surface area contributed by atoms with Crippen molar-refractivity contribution in [1.82, 2.24) is 5.32 Å². The van der Waals surface area contributed by atoms with Gasteiger partial charge in [-0.2, -0.15) is 0 Å². The summed E-state index contributed by atoms with van der Waals surface area (Å²) in [5, 5.41) is 6.26. The lowest BCUT2D eigenvalue weighted by molar-refractivity contribution is -0.128. The Hall–Kier alpha value is -2.41. The van der Waals surface area contributed by atoms with E-state index in [0.717, 1.165) is 29.7 Å². The number of carbonyl (C=O) groups is 3. The quantitative estimate of drug-likeness (QED) is 0.691. The highest BCUT2D eigenvalue weighted by atomic mass is 32.1. The number of fused-ring (bicyclic) bond motifs is 1. The Balaban J connectivity index is 1.75. The number of hydrogen-bond acceptors (Lipinski definition) is 5. The third-order valence-corrected chi connectivity index (χ3v) is 6.23. The average Bonchev–Trinajstić information content (AvgIpc) is 3.27. The van der Waals surface area contributed by atoms with Crippen molar-refractivity contribution < 1.29 is 18.8 Å². The van der Waals surface area contributed by atoms with Gasteiger partial charge in [0.25, 0.3) is 0 Å². The summed E-state index contributed by atoms with van der Waals surface area (Å²) in [4.78, 5) is 38.6. The molecule has 1 atom stereocenters. The Morgan fingerprint density at radius 3 is 2.69 bits per heavy atom. The van der Waals surface area contributed by atoms with E-state index < -0.39 is 5.41 Å². The lowest BCUT2D eigenvalue weighted by atomic mass is 9.87. The average molecular weight is 417 g/mol. The predicted molar refractivity (Wildman–Crippen MR) is 113 cm³/mol. The van der Waals surface area contributed by atoms with Gasteiger partial charge < -0.3 is 15.1 Å². The topological polar surface area (TPSA) is 88.4 Å². The van der Waals surface area contributed by atoms with Crippen LogP contribution in [-0.2, 0) is 22.4 Å². The zero-order valence-corrected chi connectivity index (χ0v) is 18.2. The van der Waals surface area contributed by atoms with E-state index >= 15 is 0 Å². The third-order valence-electron chi connectivity index (χ3n) is 5.06. The maximum Gasteiger partial charge on any atom is 0.231 e. The largest absolute Gasteiger partial charge is 0.461 e. The number of carbonyl (C=O) groups excluding carboxylic acids is 3. The second-order valence-electron chi connectivity index (χ2n) is 8.67. The molecule has 156 valence electrons. The Labute approximate surface area is 175 Å². The minimum absolute atomic E-state index is 0.0976. The fourth-order valence-electron chi connectivity index (χ4n) is 3.35. The molecule has 2 aromatic heterocycles. The van der Waals surface area contributed by atoms with Gasteiger partial charge in [0.05, 0.1) is 11.8 Å². The molecule has 2 aromatic rings. The number of thiophene rings is 1. The van der Waals surface area contributed by atoms with Gasteiger partial charge in [-0.05, 0) is 42.9 Å². The van der Waals surface area contributed by atoms with Crippen molar-refractivity contribution in [2.45, 2.75) is 53.4 Å². The fraction of sp³-hybridized carbons (Fsp3) is 0.500. The maximum atomic E-state index is 13.0. The van der Waals surface area contributed by atoms with Crippen molar-refractivity contribution in [3.8, 4) is 0 Å². The lowest BCUT2D eigenvalue weighted by Crippen LogP contribution is -2.36. The molecule has 0 saturated heterocycles. The van der Waals surface area contributed by atoms with Gasteiger partial charge in [0, 0.05) is 23.3 Å². The van der Waals surface area contributed by atoms with Crippen LogP contribution in [0.3, 0.4) is 0 Å². The van der Waals surface area contributed by atoms with Crippen LogP contribution in [0.2, 0.25) is 0 Å². The fourth-order valence-corrected chi connectivity index (χ4v) is 4.78. The highest BCUT2D eigenvalue weighted by molar-refractivity contribution is 7.17. The molecule has 1 aliphatic carbocycles. The van der Waals surface area contributed by atoms with E-state index in [4.69, 9.17) is 4.42 Å². The molecular weight excluding hydrogens is 388 g/mol. The summed E-state index contributed by atoms with van der Waals surface area (Å²) in [6.07, 6.45) is 4.38. The number of amides is 2. The van der Waals surface area contributed by atoms with Gasteiger partial charge in [0.2, 0.25) is 17.6 Å². The normalized spacial score (nSPS) is 16.2. The van der Waals surface area contributed by atoms with Crippen molar-refractivity contribution in [3.63, 3.8) is 0 Å². The molecule has 2 amide bonds. The van der Waals surface area contributed by atoms with Crippen LogP contribution in [0.5, 0.6) is 0 Å². The molecule has 0 spiro atoms. The second kappa shape index (κ2) is 8.53. The summed E-state index contributed by atoms with van der Waals surface area (Å²) in [6.45, 7) is 7.93. The van der Waals surface area contributed by atoms with Crippen LogP contribution in [0.15, 0.2) is 22.8 Å². The minimum Gasteiger partial charge on any atom is -0.461 e.